The molecule has 26 heavy (non-hydrogen) atoms. The minimum Gasteiger partial charge on any atom is -0.380 e. The van der Waals surface area contributed by atoms with E-state index < -0.39 is 10.0 Å². The first-order valence-corrected chi connectivity index (χ1v) is 10.1. The van der Waals surface area contributed by atoms with Gasteiger partial charge in [-0.2, -0.15) is 4.31 Å². The summed E-state index contributed by atoms with van der Waals surface area (Å²) in [4.78, 5) is 4.50. The van der Waals surface area contributed by atoms with Crippen LogP contribution in [-0.4, -0.2) is 58.6 Å². The quantitative estimate of drug-likeness (QED) is 0.248. The van der Waals surface area contributed by atoms with Crippen LogP contribution >= 0.6 is 24.0 Å². The van der Waals surface area contributed by atoms with E-state index in [2.05, 4.69) is 15.6 Å². The summed E-state index contributed by atoms with van der Waals surface area (Å²) >= 11 is 0. The van der Waals surface area contributed by atoms with Crippen molar-refractivity contribution >= 4 is 40.0 Å². The van der Waals surface area contributed by atoms with E-state index >= 15 is 0 Å². The van der Waals surface area contributed by atoms with Gasteiger partial charge in [-0.25, -0.2) is 8.42 Å². The Morgan fingerprint density at radius 3 is 2.42 bits per heavy atom. The van der Waals surface area contributed by atoms with Gasteiger partial charge in [0.15, 0.2) is 5.96 Å². The van der Waals surface area contributed by atoms with E-state index in [1.807, 2.05) is 19.1 Å². The number of nitrogens with one attached hydrogen (secondary N) is 2. The third kappa shape index (κ3) is 6.67. The van der Waals surface area contributed by atoms with E-state index in [0.29, 0.717) is 50.2 Å². The Labute approximate surface area is 173 Å². The first kappa shape index (κ1) is 23.1. The van der Waals surface area contributed by atoms with Gasteiger partial charge in [-0.3, -0.25) is 4.99 Å². The van der Waals surface area contributed by atoms with E-state index in [0.717, 1.165) is 18.4 Å². The lowest BCUT2D eigenvalue weighted by molar-refractivity contribution is 0.152. The predicted molar refractivity (Wildman–Crippen MR) is 115 cm³/mol. The van der Waals surface area contributed by atoms with Crippen LogP contribution in [-0.2, 0) is 21.3 Å². The fourth-order valence-corrected chi connectivity index (χ4v) is 4.17. The average molecular weight is 496 g/mol. The molecule has 148 valence electrons. The Kier molecular flexibility index (Phi) is 10.4. The van der Waals surface area contributed by atoms with E-state index in [9.17, 15) is 8.42 Å². The lowest BCUT2D eigenvalue weighted by Crippen LogP contribution is -2.38. The van der Waals surface area contributed by atoms with Crippen LogP contribution in [0.15, 0.2) is 34.2 Å². The van der Waals surface area contributed by atoms with Gasteiger partial charge in [0.05, 0.1) is 11.5 Å². The van der Waals surface area contributed by atoms with Crippen molar-refractivity contribution in [3.63, 3.8) is 0 Å². The lowest BCUT2D eigenvalue weighted by atomic mass is 10.2. The number of aliphatic imine (C=N–C) groups is 1. The number of rotatable bonds is 8. The van der Waals surface area contributed by atoms with Gasteiger partial charge in [-0.05, 0) is 37.5 Å². The fourth-order valence-electron chi connectivity index (χ4n) is 2.65. The van der Waals surface area contributed by atoms with Gasteiger partial charge in [0, 0.05) is 39.8 Å². The van der Waals surface area contributed by atoms with Crippen LogP contribution in [0.3, 0.4) is 0 Å². The number of sulfonamides is 1. The fraction of sp³-hybridized carbons (Fsp3) is 0.588. The van der Waals surface area contributed by atoms with Gasteiger partial charge >= 0.3 is 0 Å². The molecule has 1 aliphatic rings. The molecule has 1 heterocycles. The van der Waals surface area contributed by atoms with Crippen molar-refractivity contribution in [1.82, 2.24) is 14.9 Å². The highest BCUT2D eigenvalue weighted by Gasteiger charge is 2.26. The standard InChI is InChI=1S/C17H28N4O3S.HI/c1-3-24-13-10-19-17(18-2)20-14-15-6-8-16(9-7-15)25(22,23)21-11-4-5-12-21;/h6-9H,3-5,10-14H2,1-2H3,(H2,18,19,20);1H. The maximum Gasteiger partial charge on any atom is 0.243 e. The summed E-state index contributed by atoms with van der Waals surface area (Å²) in [5, 5.41) is 6.36. The van der Waals surface area contributed by atoms with E-state index in [1.165, 1.54) is 0 Å². The third-order valence-corrected chi connectivity index (χ3v) is 5.97. The largest absolute Gasteiger partial charge is 0.380 e. The summed E-state index contributed by atoms with van der Waals surface area (Å²) in [6.45, 7) is 5.77. The van der Waals surface area contributed by atoms with Gasteiger partial charge in [0.25, 0.3) is 0 Å². The van der Waals surface area contributed by atoms with Crippen LogP contribution in [0.4, 0.5) is 0 Å². The summed E-state index contributed by atoms with van der Waals surface area (Å²) in [6, 6.07) is 7.03. The van der Waals surface area contributed by atoms with Gasteiger partial charge in [-0.1, -0.05) is 12.1 Å². The number of guanidine groups is 1. The maximum absolute atomic E-state index is 12.5. The van der Waals surface area contributed by atoms with Crippen molar-refractivity contribution < 1.29 is 13.2 Å². The molecule has 1 saturated heterocycles. The molecule has 9 heteroatoms. The zero-order chi connectivity index (χ0) is 18.1. The Morgan fingerprint density at radius 1 is 1.19 bits per heavy atom. The SMILES string of the molecule is CCOCCNC(=NC)NCc1ccc(S(=O)(=O)N2CCCC2)cc1.I. The molecule has 1 aromatic rings. The van der Waals surface area contributed by atoms with Gasteiger partial charge in [0.2, 0.25) is 10.0 Å². The molecule has 0 spiro atoms. The Hall–Kier alpha value is -0.910. The third-order valence-electron chi connectivity index (χ3n) is 4.05. The van der Waals surface area contributed by atoms with E-state index in [-0.39, 0.29) is 24.0 Å². The second-order valence-electron chi connectivity index (χ2n) is 5.80. The molecule has 0 atom stereocenters. The summed E-state index contributed by atoms with van der Waals surface area (Å²) in [6.07, 6.45) is 1.88. The molecule has 1 aliphatic heterocycles. The van der Waals surface area contributed by atoms with Crippen LogP contribution in [0.1, 0.15) is 25.3 Å². The maximum atomic E-state index is 12.5. The van der Waals surface area contributed by atoms with Crippen molar-refractivity contribution in [1.29, 1.82) is 0 Å². The Morgan fingerprint density at radius 2 is 1.85 bits per heavy atom. The molecule has 1 aromatic carbocycles. The molecule has 0 saturated carbocycles. The van der Waals surface area contributed by atoms with Crippen LogP contribution in [0, 0.1) is 0 Å². The van der Waals surface area contributed by atoms with Crippen molar-refractivity contribution in [3.8, 4) is 0 Å². The average Bonchev–Trinajstić information content (AvgIpc) is 3.17. The highest BCUT2D eigenvalue weighted by Crippen LogP contribution is 2.20. The molecule has 2 N–H and O–H groups in total. The molecule has 0 aromatic heterocycles. The normalized spacial score (nSPS) is 15.5. The number of nitrogens with zero attached hydrogens (tertiary/aromatic N) is 2. The van der Waals surface area contributed by atoms with E-state index in [4.69, 9.17) is 4.74 Å². The molecule has 0 unspecified atom stereocenters. The molecule has 1 fully saturated rings. The number of benzene rings is 1. The molecule has 0 radical (unpaired) electrons. The van der Waals surface area contributed by atoms with Crippen molar-refractivity contribution in [2.45, 2.75) is 31.2 Å². The molecule has 0 aliphatic carbocycles. The van der Waals surface area contributed by atoms with E-state index in [1.54, 1.807) is 23.5 Å². The second-order valence-corrected chi connectivity index (χ2v) is 7.74. The summed E-state index contributed by atoms with van der Waals surface area (Å²) < 4.78 is 31.8. The minimum absolute atomic E-state index is 0. The summed E-state index contributed by atoms with van der Waals surface area (Å²) in [7, 11) is -1.64. The van der Waals surface area contributed by atoms with Gasteiger partial charge in [-0.15, -0.1) is 24.0 Å². The highest BCUT2D eigenvalue weighted by atomic mass is 127. The number of halogens is 1. The van der Waals surface area contributed by atoms with Gasteiger partial charge in [0.1, 0.15) is 0 Å². The molecule has 7 nitrogen and oxygen atoms in total. The summed E-state index contributed by atoms with van der Waals surface area (Å²) in [5.41, 5.74) is 0.994. The molecule has 2 rings (SSSR count). The van der Waals surface area contributed by atoms with Crippen LogP contribution in [0.2, 0.25) is 0 Å². The van der Waals surface area contributed by atoms with Gasteiger partial charge < -0.3 is 15.4 Å². The van der Waals surface area contributed by atoms with Crippen molar-refractivity contribution in [2.75, 3.05) is 39.9 Å². The van der Waals surface area contributed by atoms with Crippen LogP contribution in [0.5, 0.6) is 0 Å². The van der Waals surface area contributed by atoms with Crippen LogP contribution in [0.25, 0.3) is 0 Å². The first-order valence-electron chi connectivity index (χ1n) is 8.69. The number of hydrogen-bond acceptors (Lipinski definition) is 4. The molecule has 0 amide bonds. The number of ether oxygens (including phenoxy) is 1. The zero-order valence-electron chi connectivity index (χ0n) is 15.4. The van der Waals surface area contributed by atoms with Crippen LogP contribution < -0.4 is 10.6 Å². The monoisotopic (exact) mass is 496 g/mol. The summed E-state index contributed by atoms with van der Waals surface area (Å²) in [5.74, 6) is 0.688. The molecular formula is C17H29IN4O3S. The van der Waals surface area contributed by atoms with Crippen molar-refractivity contribution in [2.24, 2.45) is 4.99 Å². The Balaban J connectivity index is 0.00000338. The highest BCUT2D eigenvalue weighted by molar-refractivity contribution is 14.0. The number of hydrogen-bond donors (Lipinski definition) is 2. The zero-order valence-corrected chi connectivity index (χ0v) is 18.5. The van der Waals surface area contributed by atoms with Crippen molar-refractivity contribution in [3.05, 3.63) is 29.8 Å². The molecule has 0 bridgehead atoms. The Bertz CT molecular complexity index is 659. The first-order chi connectivity index (χ1) is 12.1. The smallest absolute Gasteiger partial charge is 0.243 e. The molecular weight excluding hydrogens is 467 g/mol. The second kappa shape index (κ2) is 11.7. The minimum atomic E-state index is -3.35. The topological polar surface area (TPSA) is 83.0 Å². The lowest BCUT2D eigenvalue weighted by Gasteiger charge is -2.16. The predicted octanol–water partition coefficient (Wildman–Crippen LogP) is 1.79.